The molecule has 1 aromatic carbocycles. The van der Waals surface area contributed by atoms with Crippen LogP contribution in [-0.2, 0) is 6.54 Å². The molecule has 3 fully saturated rings. The summed E-state index contributed by atoms with van der Waals surface area (Å²) in [7, 11) is 0. The molecule has 152 valence electrons. The molecule has 0 bridgehead atoms. The Hall–Kier alpha value is -1.86. The number of nitro benzene ring substituents is 1. The van der Waals surface area contributed by atoms with Crippen LogP contribution >= 0.6 is 0 Å². The Morgan fingerprint density at radius 3 is 2.57 bits per heavy atom. The van der Waals surface area contributed by atoms with Crippen molar-refractivity contribution in [2.45, 2.75) is 63.6 Å². The molecule has 2 saturated heterocycles. The molecule has 28 heavy (non-hydrogen) atoms. The van der Waals surface area contributed by atoms with Crippen LogP contribution in [0, 0.1) is 16.0 Å². The summed E-state index contributed by atoms with van der Waals surface area (Å²) in [5, 5.41) is 11.7. The predicted octanol–water partition coefficient (Wildman–Crippen LogP) is 3.55. The fourth-order valence-electron chi connectivity index (χ4n) is 5.93. The van der Waals surface area contributed by atoms with Gasteiger partial charge < -0.3 is 9.47 Å². The van der Waals surface area contributed by atoms with E-state index in [9.17, 15) is 10.1 Å². The minimum Gasteiger partial charge on any atom is -0.454 e. The molecular weight excluding hydrogens is 358 g/mol. The third-order valence-corrected chi connectivity index (χ3v) is 7.18. The van der Waals surface area contributed by atoms with Gasteiger partial charge in [0.15, 0.2) is 11.5 Å². The van der Waals surface area contributed by atoms with Gasteiger partial charge in [0.2, 0.25) is 6.79 Å². The minimum atomic E-state index is -0.279. The smallest absolute Gasteiger partial charge is 0.277 e. The number of hydrogen-bond donors (Lipinski definition) is 0. The van der Waals surface area contributed by atoms with Crippen LogP contribution in [0.5, 0.6) is 11.5 Å². The van der Waals surface area contributed by atoms with Crippen molar-refractivity contribution in [3.8, 4) is 11.5 Å². The number of fused-ring (bicyclic) bond motifs is 2. The maximum absolute atomic E-state index is 11.7. The molecule has 0 aromatic heterocycles. The molecule has 0 N–H and O–H groups in total. The Morgan fingerprint density at radius 1 is 1.00 bits per heavy atom. The normalized spacial score (nSPS) is 28.4. The van der Waals surface area contributed by atoms with Crippen molar-refractivity contribution in [3.05, 3.63) is 27.8 Å². The van der Waals surface area contributed by atoms with Crippen molar-refractivity contribution in [1.29, 1.82) is 0 Å². The lowest BCUT2D eigenvalue weighted by molar-refractivity contribution is -0.385. The first-order valence-electron chi connectivity index (χ1n) is 10.8. The van der Waals surface area contributed by atoms with Gasteiger partial charge in [0.05, 0.1) is 11.0 Å². The van der Waals surface area contributed by atoms with Gasteiger partial charge in [-0.05, 0) is 44.2 Å². The van der Waals surface area contributed by atoms with Crippen molar-refractivity contribution < 1.29 is 14.4 Å². The molecule has 0 amide bonds. The fourth-order valence-corrected chi connectivity index (χ4v) is 5.93. The molecular formula is C21H29N3O4. The maximum Gasteiger partial charge on any atom is 0.277 e. The van der Waals surface area contributed by atoms with E-state index in [1.807, 2.05) is 6.07 Å². The number of rotatable bonds is 4. The molecule has 1 saturated carbocycles. The van der Waals surface area contributed by atoms with E-state index in [0.29, 0.717) is 36.0 Å². The molecule has 7 heteroatoms. The quantitative estimate of drug-likeness (QED) is 0.581. The molecule has 3 heterocycles. The SMILES string of the molecule is O=[N+]([O-])c1cc2c(cc1CN1CCN3CCCC3C1C1CCCCC1)OCO2. The van der Waals surface area contributed by atoms with Gasteiger partial charge in [-0.3, -0.25) is 19.9 Å². The molecule has 5 rings (SSSR count). The third kappa shape index (κ3) is 3.24. The number of piperazine rings is 1. The molecule has 0 spiro atoms. The summed E-state index contributed by atoms with van der Waals surface area (Å²) < 4.78 is 10.9. The van der Waals surface area contributed by atoms with Crippen LogP contribution in [0.2, 0.25) is 0 Å². The Labute approximate surface area is 165 Å². The highest BCUT2D eigenvalue weighted by Gasteiger charge is 2.43. The van der Waals surface area contributed by atoms with Crippen molar-refractivity contribution in [3.63, 3.8) is 0 Å². The van der Waals surface area contributed by atoms with E-state index in [1.54, 1.807) is 6.07 Å². The molecule has 0 radical (unpaired) electrons. The topological polar surface area (TPSA) is 68.1 Å². The van der Waals surface area contributed by atoms with E-state index in [2.05, 4.69) is 9.80 Å². The third-order valence-electron chi connectivity index (χ3n) is 7.18. The van der Waals surface area contributed by atoms with Gasteiger partial charge in [0.1, 0.15) is 0 Å². The Bertz CT molecular complexity index is 749. The van der Waals surface area contributed by atoms with Crippen LogP contribution in [0.25, 0.3) is 0 Å². The van der Waals surface area contributed by atoms with Crippen molar-refractivity contribution in [1.82, 2.24) is 9.80 Å². The molecule has 1 aliphatic carbocycles. The predicted molar refractivity (Wildman–Crippen MR) is 105 cm³/mol. The Balaban J connectivity index is 1.45. The Morgan fingerprint density at radius 2 is 1.79 bits per heavy atom. The summed E-state index contributed by atoms with van der Waals surface area (Å²) in [6, 6.07) is 4.50. The lowest BCUT2D eigenvalue weighted by Crippen LogP contribution is -2.59. The highest BCUT2D eigenvalue weighted by Crippen LogP contribution is 2.41. The summed E-state index contributed by atoms with van der Waals surface area (Å²) in [5.74, 6) is 1.84. The van der Waals surface area contributed by atoms with Gasteiger partial charge in [0.25, 0.3) is 5.69 Å². The highest BCUT2D eigenvalue weighted by molar-refractivity contribution is 5.55. The van der Waals surface area contributed by atoms with Crippen molar-refractivity contribution >= 4 is 5.69 Å². The van der Waals surface area contributed by atoms with E-state index in [4.69, 9.17) is 9.47 Å². The van der Waals surface area contributed by atoms with Crippen LogP contribution < -0.4 is 9.47 Å². The summed E-state index contributed by atoms with van der Waals surface area (Å²) in [6.45, 7) is 4.04. The van der Waals surface area contributed by atoms with Gasteiger partial charge in [0, 0.05) is 37.3 Å². The van der Waals surface area contributed by atoms with Crippen molar-refractivity contribution in [2.24, 2.45) is 5.92 Å². The zero-order valence-corrected chi connectivity index (χ0v) is 16.3. The van der Waals surface area contributed by atoms with E-state index < -0.39 is 0 Å². The van der Waals surface area contributed by atoms with Crippen LogP contribution in [-0.4, -0.2) is 53.2 Å². The second-order valence-corrected chi connectivity index (χ2v) is 8.70. The zero-order valence-electron chi connectivity index (χ0n) is 16.3. The van der Waals surface area contributed by atoms with E-state index >= 15 is 0 Å². The van der Waals surface area contributed by atoms with Crippen molar-refractivity contribution in [2.75, 3.05) is 26.4 Å². The van der Waals surface area contributed by atoms with Gasteiger partial charge in [-0.2, -0.15) is 0 Å². The largest absolute Gasteiger partial charge is 0.454 e. The molecule has 7 nitrogen and oxygen atoms in total. The monoisotopic (exact) mass is 387 g/mol. The standard InChI is InChI=1S/C21H29N3O4/c25-24(26)18-12-20-19(27-14-28-20)11-16(18)13-23-10-9-22-8-4-7-17(22)21(23)15-5-2-1-3-6-15/h11-12,15,17,21H,1-10,13-14H2. The van der Waals surface area contributed by atoms with Gasteiger partial charge in [-0.15, -0.1) is 0 Å². The lowest BCUT2D eigenvalue weighted by Gasteiger charge is -2.49. The first-order valence-corrected chi connectivity index (χ1v) is 10.8. The van der Waals surface area contributed by atoms with E-state index in [0.717, 1.165) is 18.7 Å². The highest BCUT2D eigenvalue weighted by atomic mass is 16.7. The Kier molecular flexibility index (Phi) is 4.88. The minimum absolute atomic E-state index is 0.140. The summed E-state index contributed by atoms with van der Waals surface area (Å²) in [4.78, 5) is 16.7. The first kappa shape index (κ1) is 18.2. The first-order chi connectivity index (χ1) is 13.7. The number of nitro groups is 1. The molecule has 2 atom stereocenters. The van der Waals surface area contributed by atoms with Gasteiger partial charge in [-0.1, -0.05) is 19.3 Å². The summed E-state index contributed by atoms with van der Waals surface area (Å²) in [6.07, 6.45) is 9.15. The zero-order chi connectivity index (χ0) is 19.1. The number of hydrogen-bond acceptors (Lipinski definition) is 6. The van der Waals surface area contributed by atoms with Crippen LogP contribution in [0.1, 0.15) is 50.5 Å². The second kappa shape index (κ2) is 7.52. The average molecular weight is 387 g/mol. The van der Waals surface area contributed by atoms with Gasteiger partial charge >= 0.3 is 0 Å². The second-order valence-electron chi connectivity index (χ2n) is 8.70. The molecule has 3 aliphatic heterocycles. The van der Waals surface area contributed by atoms with Crippen LogP contribution in [0.4, 0.5) is 5.69 Å². The van der Waals surface area contributed by atoms with Crippen LogP contribution in [0.3, 0.4) is 0 Å². The number of nitrogens with zero attached hydrogens (tertiary/aromatic N) is 3. The summed E-state index contributed by atoms with van der Waals surface area (Å²) in [5.41, 5.74) is 0.905. The molecule has 4 aliphatic rings. The average Bonchev–Trinajstić information content (AvgIpc) is 3.36. The van der Waals surface area contributed by atoms with Crippen LogP contribution in [0.15, 0.2) is 12.1 Å². The molecule has 2 unspecified atom stereocenters. The lowest BCUT2D eigenvalue weighted by atomic mass is 9.78. The molecule has 1 aromatic rings. The summed E-state index contributed by atoms with van der Waals surface area (Å²) >= 11 is 0. The maximum atomic E-state index is 11.7. The van der Waals surface area contributed by atoms with E-state index in [1.165, 1.54) is 51.5 Å². The number of ether oxygens (including phenoxy) is 2. The van der Waals surface area contributed by atoms with Gasteiger partial charge in [-0.25, -0.2) is 0 Å². The number of benzene rings is 1. The van der Waals surface area contributed by atoms with E-state index in [-0.39, 0.29) is 17.4 Å². The fraction of sp³-hybridized carbons (Fsp3) is 0.714.